The first-order valence-corrected chi connectivity index (χ1v) is 6.00. The van der Waals surface area contributed by atoms with E-state index < -0.39 is 5.97 Å². The molecule has 0 fully saturated rings. The molecule has 0 N–H and O–H groups in total. The molecule has 1 aromatic heterocycles. The van der Waals surface area contributed by atoms with Crippen LogP contribution >= 0.6 is 11.8 Å². The normalized spacial score (nSPS) is 9.76. The van der Waals surface area contributed by atoms with E-state index in [1.807, 2.05) is 0 Å². The van der Waals surface area contributed by atoms with Gasteiger partial charge in [-0.1, -0.05) is 0 Å². The number of nitrogens with zero attached hydrogens (tertiary/aromatic N) is 1. The SMILES string of the molecule is COC(=O)CSCc1ccc(C(=O)OC)cn1. The van der Waals surface area contributed by atoms with Gasteiger partial charge in [-0.15, -0.1) is 11.8 Å². The molecule has 0 saturated carbocycles. The number of ether oxygens (including phenoxy) is 2. The van der Waals surface area contributed by atoms with Crippen LogP contribution in [-0.2, 0) is 20.0 Å². The van der Waals surface area contributed by atoms with Crippen LogP contribution in [0.5, 0.6) is 0 Å². The largest absolute Gasteiger partial charge is 0.468 e. The maximum absolute atomic E-state index is 11.1. The van der Waals surface area contributed by atoms with Crippen molar-refractivity contribution in [3.05, 3.63) is 29.6 Å². The molecule has 0 spiro atoms. The third kappa shape index (κ3) is 4.44. The lowest BCUT2D eigenvalue weighted by atomic mass is 10.2. The highest BCUT2D eigenvalue weighted by Crippen LogP contribution is 2.11. The minimum Gasteiger partial charge on any atom is -0.468 e. The third-order valence-corrected chi connectivity index (χ3v) is 2.88. The number of carbonyl (C=O) groups excluding carboxylic acids is 2. The van der Waals surface area contributed by atoms with Gasteiger partial charge in [0.05, 0.1) is 31.2 Å². The number of carbonyl (C=O) groups is 2. The van der Waals surface area contributed by atoms with Gasteiger partial charge in [-0.25, -0.2) is 4.79 Å². The van der Waals surface area contributed by atoms with Crippen LogP contribution in [0.2, 0.25) is 0 Å². The molecule has 5 nitrogen and oxygen atoms in total. The molecule has 1 rings (SSSR count). The number of aromatic nitrogens is 1. The van der Waals surface area contributed by atoms with Crippen molar-refractivity contribution in [2.24, 2.45) is 0 Å². The number of methoxy groups -OCH3 is 2. The highest BCUT2D eigenvalue weighted by molar-refractivity contribution is 7.99. The summed E-state index contributed by atoms with van der Waals surface area (Å²) in [4.78, 5) is 26.1. The van der Waals surface area contributed by atoms with Crippen LogP contribution in [0.25, 0.3) is 0 Å². The predicted octanol–water partition coefficient (Wildman–Crippen LogP) is 1.27. The molecule has 0 unspecified atom stereocenters. The monoisotopic (exact) mass is 255 g/mol. The maximum atomic E-state index is 11.1. The zero-order valence-corrected chi connectivity index (χ0v) is 10.5. The van der Waals surface area contributed by atoms with E-state index in [0.29, 0.717) is 11.3 Å². The predicted molar refractivity (Wildman–Crippen MR) is 63.8 cm³/mol. The van der Waals surface area contributed by atoms with Crippen LogP contribution in [0.4, 0.5) is 0 Å². The molecule has 0 aliphatic heterocycles. The second-order valence-corrected chi connectivity index (χ2v) is 4.08. The molecule has 0 aromatic carbocycles. The van der Waals surface area contributed by atoms with Gasteiger partial charge < -0.3 is 9.47 Å². The minimum absolute atomic E-state index is 0.263. The molecular formula is C11H13NO4S. The summed E-state index contributed by atoms with van der Waals surface area (Å²) in [5.74, 6) is 0.209. The first kappa shape index (κ1) is 13.5. The van der Waals surface area contributed by atoms with Crippen LogP contribution in [-0.4, -0.2) is 36.9 Å². The van der Waals surface area contributed by atoms with E-state index in [9.17, 15) is 9.59 Å². The fourth-order valence-corrected chi connectivity index (χ4v) is 1.81. The average molecular weight is 255 g/mol. The molecule has 0 aliphatic rings. The Labute approximate surface area is 104 Å². The second-order valence-electron chi connectivity index (χ2n) is 3.10. The van der Waals surface area contributed by atoms with Crippen LogP contribution in [0.1, 0.15) is 16.1 Å². The van der Waals surface area contributed by atoms with Gasteiger partial charge in [0.2, 0.25) is 0 Å². The topological polar surface area (TPSA) is 65.5 Å². The zero-order chi connectivity index (χ0) is 12.7. The molecular weight excluding hydrogens is 242 g/mol. The van der Waals surface area contributed by atoms with Crippen LogP contribution < -0.4 is 0 Å². The number of rotatable bonds is 5. The Kier molecular flexibility index (Phi) is 5.48. The molecule has 0 aliphatic carbocycles. The minimum atomic E-state index is -0.411. The molecule has 0 radical (unpaired) electrons. The standard InChI is InChI=1S/C11H13NO4S/c1-15-10(13)7-17-6-9-4-3-8(5-12-9)11(14)16-2/h3-5H,6-7H2,1-2H3. The van der Waals surface area contributed by atoms with Gasteiger partial charge in [0.15, 0.2) is 0 Å². The van der Waals surface area contributed by atoms with E-state index >= 15 is 0 Å². The molecule has 6 heteroatoms. The zero-order valence-electron chi connectivity index (χ0n) is 9.63. The first-order valence-electron chi connectivity index (χ1n) is 4.85. The van der Waals surface area contributed by atoms with Gasteiger partial charge >= 0.3 is 11.9 Å². The Bertz CT molecular complexity index is 391. The van der Waals surface area contributed by atoms with Gasteiger partial charge in [-0.05, 0) is 12.1 Å². The Morgan fingerprint density at radius 1 is 1.29 bits per heavy atom. The summed E-state index contributed by atoms with van der Waals surface area (Å²) in [6, 6.07) is 3.38. The maximum Gasteiger partial charge on any atom is 0.339 e. The number of hydrogen-bond donors (Lipinski definition) is 0. The molecule has 0 bridgehead atoms. The summed E-state index contributed by atoms with van der Waals surface area (Å²) in [6.07, 6.45) is 1.46. The Balaban J connectivity index is 2.46. The summed E-state index contributed by atoms with van der Waals surface area (Å²) in [6.45, 7) is 0. The van der Waals surface area contributed by atoms with E-state index in [1.54, 1.807) is 12.1 Å². The summed E-state index contributed by atoms with van der Waals surface area (Å²) in [5, 5.41) is 0. The van der Waals surface area contributed by atoms with Crippen molar-refractivity contribution < 1.29 is 19.1 Å². The second kappa shape index (κ2) is 6.90. The number of thioether (sulfide) groups is 1. The lowest BCUT2D eigenvalue weighted by Crippen LogP contribution is -2.04. The summed E-state index contributed by atoms with van der Waals surface area (Å²) >= 11 is 1.41. The van der Waals surface area contributed by atoms with Gasteiger partial charge in [-0.3, -0.25) is 9.78 Å². The lowest BCUT2D eigenvalue weighted by molar-refractivity contribution is -0.137. The van der Waals surface area contributed by atoms with Gasteiger partial charge in [0.1, 0.15) is 0 Å². The van der Waals surface area contributed by atoms with Crippen molar-refractivity contribution in [1.82, 2.24) is 4.98 Å². The Hall–Kier alpha value is -1.56. The van der Waals surface area contributed by atoms with E-state index in [-0.39, 0.29) is 11.7 Å². The first-order chi connectivity index (χ1) is 8.17. The third-order valence-electron chi connectivity index (χ3n) is 1.94. The van der Waals surface area contributed by atoms with Crippen LogP contribution in [0.15, 0.2) is 18.3 Å². The van der Waals surface area contributed by atoms with Crippen molar-refractivity contribution in [1.29, 1.82) is 0 Å². The van der Waals surface area contributed by atoms with Crippen molar-refractivity contribution >= 4 is 23.7 Å². The molecule has 92 valence electrons. The van der Waals surface area contributed by atoms with Crippen molar-refractivity contribution in [2.45, 2.75) is 5.75 Å². The smallest absolute Gasteiger partial charge is 0.339 e. The van der Waals surface area contributed by atoms with Crippen molar-refractivity contribution in [2.75, 3.05) is 20.0 Å². The molecule has 0 atom stereocenters. The highest BCUT2D eigenvalue weighted by atomic mass is 32.2. The van der Waals surface area contributed by atoms with Gasteiger partial charge in [0, 0.05) is 11.9 Å². The molecule has 1 heterocycles. The quantitative estimate of drug-likeness (QED) is 0.738. The fraction of sp³-hybridized carbons (Fsp3) is 0.364. The average Bonchev–Trinajstić information content (AvgIpc) is 2.38. The fourth-order valence-electron chi connectivity index (χ4n) is 1.05. The van der Waals surface area contributed by atoms with Gasteiger partial charge in [0.25, 0.3) is 0 Å². The van der Waals surface area contributed by atoms with E-state index in [1.165, 1.54) is 32.2 Å². The van der Waals surface area contributed by atoms with E-state index in [4.69, 9.17) is 0 Å². The number of hydrogen-bond acceptors (Lipinski definition) is 6. The summed E-state index contributed by atoms with van der Waals surface area (Å²) in [7, 11) is 2.68. The van der Waals surface area contributed by atoms with Crippen LogP contribution in [0.3, 0.4) is 0 Å². The van der Waals surface area contributed by atoms with E-state index in [2.05, 4.69) is 14.5 Å². The number of pyridine rings is 1. The molecule has 17 heavy (non-hydrogen) atoms. The number of esters is 2. The van der Waals surface area contributed by atoms with E-state index in [0.717, 1.165) is 5.69 Å². The summed E-state index contributed by atoms with van der Waals surface area (Å²) < 4.78 is 9.07. The lowest BCUT2D eigenvalue weighted by Gasteiger charge is -2.02. The van der Waals surface area contributed by atoms with Crippen LogP contribution in [0, 0.1) is 0 Å². The van der Waals surface area contributed by atoms with Gasteiger partial charge in [-0.2, -0.15) is 0 Å². The van der Waals surface area contributed by atoms with Crippen molar-refractivity contribution in [3.8, 4) is 0 Å². The highest BCUT2D eigenvalue weighted by Gasteiger charge is 2.06. The Morgan fingerprint density at radius 3 is 2.59 bits per heavy atom. The summed E-state index contributed by atoms with van der Waals surface area (Å²) in [5.41, 5.74) is 1.21. The molecule has 0 saturated heterocycles. The molecule has 0 amide bonds. The Morgan fingerprint density at radius 2 is 2.06 bits per heavy atom. The molecule has 1 aromatic rings. The van der Waals surface area contributed by atoms with Crippen molar-refractivity contribution in [3.63, 3.8) is 0 Å².